The molecule has 0 aliphatic carbocycles. The summed E-state index contributed by atoms with van der Waals surface area (Å²) in [4.78, 5) is 53.7. The number of rotatable bonds is 16. The number of unbranched alkanes of at least 4 members (excludes halogenated alkanes) is 1. The Morgan fingerprint density at radius 3 is 2.23 bits per heavy atom. The molecule has 5 atom stereocenters. The molecule has 0 aliphatic rings. The molecule has 216 valence electrons. The number of aliphatic hydroxyl groups excluding tert-OH is 1. The number of carbonyl (C=O) groups excluding carboxylic acids is 3. The first-order valence-corrected chi connectivity index (χ1v) is 13.3. The minimum atomic E-state index is -1.38. The molecule has 0 fully saturated rings. The number of carbonyl (C=O) groups is 4. The fourth-order valence-corrected chi connectivity index (χ4v) is 4.28. The van der Waals surface area contributed by atoms with Crippen molar-refractivity contribution in [1.82, 2.24) is 20.9 Å². The van der Waals surface area contributed by atoms with E-state index in [0.29, 0.717) is 19.4 Å². The zero-order valence-corrected chi connectivity index (χ0v) is 22.8. The molecule has 0 saturated heterocycles. The second-order valence-corrected chi connectivity index (χ2v) is 10.3. The molecule has 0 radical (unpaired) electrons. The van der Waals surface area contributed by atoms with Crippen LogP contribution in [0.1, 0.15) is 52.0 Å². The van der Waals surface area contributed by atoms with Gasteiger partial charge in [0.25, 0.3) is 0 Å². The summed E-state index contributed by atoms with van der Waals surface area (Å²) < 4.78 is 0. The van der Waals surface area contributed by atoms with Gasteiger partial charge in [-0.05, 0) is 63.1 Å². The number of aliphatic hydroxyl groups is 1. The summed E-state index contributed by atoms with van der Waals surface area (Å²) >= 11 is 0. The zero-order chi connectivity index (χ0) is 29.1. The first-order chi connectivity index (χ1) is 18.4. The molecule has 10 N–H and O–H groups in total. The lowest BCUT2D eigenvalue weighted by Gasteiger charge is -2.27. The van der Waals surface area contributed by atoms with Crippen LogP contribution in [0.4, 0.5) is 0 Å². The molecular formula is C27H42N6O6. The molecule has 1 heterocycles. The minimum absolute atomic E-state index is 0.0224. The highest BCUT2D eigenvalue weighted by Gasteiger charge is 2.32. The third kappa shape index (κ3) is 9.65. The van der Waals surface area contributed by atoms with Gasteiger partial charge in [0.2, 0.25) is 17.7 Å². The molecule has 1 aromatic carbocycles. The largest absolute Gasteiger partial charge is 0.480 e. The number of amides is 3. The van der Waals surface area contributed by atoms with Gasteiger partial charge < -0.3 is 42.6 Å². The van der Waals surface area contributed by atoms with Gasteiger partial charge in [-0.3, -0.25) is 14.4 Å². The van der Waals surface area contributed by atoms with Crippen molar-refractivity contribution in [2.24, 2.45) is 17.4 Å². The standard InChI is InChI=1S/C27H42N6O6/c1-15(2)12-22(25(36)31-21(27(38)39)10-6-7-11-28)32-26(37)23(16(3)34)33-24(35)19(29)13-17-14-30-20-9-5-4-8-18(17)20/h4-5,8-9,14-16,19,21-23,30,34H,6-7,10-13,28-29H2,1-3H3,(H,31,36)(H,32,37)(H,33,35)(H,38,39). The van der Waals surface area contributed by atoms with Crippen LogP contribution in [0.3, 0.4) is 0 Å². The van der Waals surface area contributed by atoms with Crippen LogP contribution in [0.2, 0.25) is 0 Å². The van der Waals surface area contributed by atoms with Crippen molar-refractivity contribution in [3.63, 3.8) is 0 Å². The van der Waals surface area contributed by atoms with Crippen molar-refractivity contribution < 1.29 is 29.4 Å². The minimum Gasteiger partial charge on any atom is -0.480 e. The molecule has 0 saturated carbocycles. The maximum Gasteiger partial charge on any atom is 0.326 e. The Bertz CT molecular complexity index is 1120. The SMILES string of the molecule is CC(C)CC(NC(=O)C(NC(=O)C(N)Cc1c[nH]c2ccccc12)C(C)O)C(=O)NC(CCCCN)C(=O)O. The van der Waals surface area contributed by atoms with E-state index < -0.39 is 54.0 Å². The number of hydrogen-bond acceptors (Lipinski definition) is 7. The molecule has 0 aliphatic heterocycles. The lowest BCUT2D eigenvalue weighted by molar-refractivity contribution is -0.142. The summed E-state index contributed by atoms with van der Waals surface area (Å²) in [5, 5.41) is 28.3. The number of aromatic nitrogens is 1. The lowest BCUT2D eigenvalue weighted by Crippen LogP contribution is -2.60. The maximum atomic E-state index is 13.1. The number of nitrogens with one attached hydrogen (secondary N) is 4. The second-order valence-electron chi connectivity index (χ2n) is 10.3. The Labute approximate surface area is 228 Å². The fourth-order valence-electron chi connectivity index (χ4n) is 4.28. The average Bonchev–Trinajstić information content (AvgIpc) is 3.28. The van der Waals surface area contributed by atoms with Crippen LogP contribution in [0.25, 0.3) is 10.9 Å². The molecule has 3 amide bonds. The molecule has 2 rings (SSSR count). The number of nitrogens with two attached hydrogens (primary N) is 2. The number of para-hydroxylation sites is 1. The third-order valence-corrected chi connectivity index (χ3v) is 6.42. The van der Waals surface area contributed by atoms with Crippen molar-refractivity contribution in [3.05, 3.63) is 36.0 Å². The summed E-state index contributed by atoms with van der Waals surface area (Å²) in [7, 11) is 0. The van der Waals surface area contributed by atoms with E-state index in [1.54, 1.807) is 6.20 Å². The molecule has 12 heteroatoms. The van der Waals surface area contributed by atoms with Gasteiger partial charge in [-0.25, -0.2) is 4.79 Å². The number of aromatic amines is 1. The number of carboxylic acid groups (broad SMARTS) is 1. The van der Waals surface area contributed by atoms with Crippen LogP contribution in [-0.2, 0) is 25.6 Å². The van der Waals surface area contributed by atoms with E-state index in [1.165, 1.54) is 6.92 Å². The highest BCUT2D eigenvalue weighted by molar-refractivity contribution is 5.94. The van der Waals surface area contributed by atoms with Gasteiger partial charge in [-0.15, -0.1) is 0 Å². The topological polar surface area (TPSA) is 213 Å². The summed E-state index contributed by atoms with van der Waals surface area (Å²) in [5.74, 6) is -3.30. The molecule has 0 spiro atoms. The van der Waals surface area contributed by atoms with Crippen molar-refractivity contribution in [3.8, 4) is 0 Å². The van der Waals surface area contributed by atoms with Gasteiger partial charge in [-0.2, -0.15) is 0 Å². The van der Waals surface area contributed by atoms with Gasteiger partial charge in [0.05, 0.1) is 12.1 Å². The van der Waals surface area contributed by atoms with Gasteiger partial charge in [0.1, 0.15) is 18.1 Å². The van der Waals surface area contributed by atoms with E-state index in [1.807, 2.05) is 38.1 Å². The fraction of sp³-hybridized carbons (Fsp3) is 0.556. The lowest BCUT2D eigenvalue weighted by atomic mass is 10.0. The van der Waals surface area contributed by atoms with Crippen molar-refractivity contribution in [1.29, 1.82) is 0 Å². The summed E-state index contributed by atoms with van der Waals surface area (Å²) in [6.07, 6.45) is 2.22. The van der Waals surface area contributed by atoms with Crippen LogP contribution in [0.5, 0.6) is 0 Å². The number of aliphatic carboxylic acids is 1. The normalized spacial score (nSPS) is 15.3. The number of carboxylic acids is 1. The monoisotopic (exact) mass is 546 g/mol. The summed E-state index contributed by atoms with van der Waals surface area (Å²) in [5.41, 5.74) is 13.3. The van der Waals surface area contributed by atoms with Crippen molar-refractivity contribution in [2.45, 2.75) is 83.1 Å². The molecule has 0 bridgehead atoms. The molecule has 12 nitrogen and oxygen atoms in total. The average molecular weight is 547 g/mol. The van der Waals surface area contributed by atoms with Crippen LogP contribution >= 0.6 is 0 Å². The van der Waals surface area contributed by atoms with Gasteiger partial charge in [0.15, 0.2) is 0 Å². The highest BCUT2D eigenvalue weighted by atomic mass is 16.4. The predicted molar refractivity (Wildman–Crippen MR) is 147 cm³/mol. The number of H-pyrrole nitrogens is 1. The Hall–Kier alpha value is -3.48. The van der Waals surface area contributed by atoms with Gasteiger partial charge in [-0.1, -0.05) is 32.0 Å². The van der Waals surface area contributed by atoms with Crippen LogP contribution in [0.15, 0.2) is 30.5 Å². The maximum absolute atomic E-state index is 13.1. The van der Waals surface area contributed by atoms with Gasteiger partial charge >= 0.3 is 5.97 Å². The predicted octanol–water partition coefficient (Wildman–Crippen LogP) is 0.133. The second kappa shape index (κ2) is 15.2. The number of fused-ring (bicyclic) bond motifs is 1. The van der Waals surface area contributed by atoms with E-state index in [2.05, 4.69) is 20.9 Å². The van der Waals surface area contributed by atoms with E-state index in [4.69, 9.17) is 11.5 Å². The summed E-state index contributed by atoms with van der Waals surface area (Å²) in [6, 6.07) is 2.98. The number of hydrogen-bond donors (Lipinski definition) is 8. The Balaban J connectivity index is 2.08. The van der Waals surface area contributed by atoms with Crippen LogP contribution in [0, 0.1) is 5.92 Å². The van der Waals surface area contributed by atoms with Crippen LogP contribution in [-0.4, -0.2) is 75.7 Å². The van der Waals surface area contributed by atoms with E-state index >= 15 is 0 Å². The first-order valence-electron chi connectivity index (χ1n) is 13.3. The third-order valence-electron chi connectivity index (χ3n) is 6.42. The smallest absolute Gasteiger partial charge is 0.326 e. The van der Waals surface area contributed by atoms with E-state index in [0.717, 1.165) is 16.5 Å². The first kappa shape index (κ1) is 31.7. The summed E-state index contributed by atoms with van der Waals surface area (Å²) in [6.45, 7) is 5.44. The zero-order valence-electron chi connectivity index (χ0n) is 22.8. The Morgan fingerprint density at radius 1 is 0.949 bits per heavy atom. The Morgan fingerprint density at radius 2 is 1.62 bits per heavy atom. The molecule has 1 aromatic heterocycles. The van der Waals surface area contributed by atoms with Crippen molar-refractivity contribution >= 4 is 34.6 Å². The van der Waals surface area contributed by atoms with Crippen molar-refractivity contribution in [2.75, 3.05) is 6.54 Å². The molecule has 39 heavy (non-hydrogen) atoms. The van der Waals surface area contributed by atoms with Gasteiger partial charge in [0, 0.05) is 17.1 Å². The van der Waals surface area contributed by atoms with E-state index in [-0.39, 0.29) is 25.2 Å². The molecule has 2 aromatic rings. The number of benzene rings is 1. The highest BCUT2D eigenvalue weighted by Crippen LogP contribution is 2.19. The Kier molecular flexibility index (Phi) is 12.4. The van der Waals surface area contributed by atoms with E-state index in [9.17, 15) is 29.4 Å². The molecular weight excluding hydrogens is 504 g/mol. The quantitative estimate of drug-likeness (QED) is 0.135. The van der Waals surface area contributed by atoms with Crippen LogP contribution < -0.4 is 27.4 Å². The molecule has 5 unspecified atom stereocenters.